The Bertz CT molecular complexity index is 851. The Morgan fingerprint density at radius 2 is 1.93 bits per heavy atom. The topological polar surface area (TPSA) is 97.3 Å². The Hall–Kier alpha value is -2.28. The lowest BCUT2D eigenvalue weighted by Gasteiger charge is -2.39. The largest absolute Gasteiger partial charge is 0.456 e. The average Bonchev–Trinajstić information content (AvgIpc) is 2.62. The van der Waals surface area contributed by atoms with Gasteiger partial charge >= 0.3 is 5.97 Å². The van der Waals surface area contributed by atoms with Gasteiger partial charge in [0.1, 0.15) is 23.0 Å². The molecule has 0 unspecified atom stereocenters. The molecule has 1 aliphatic carbocycles. The highest BCUT2D eigenvalue weighted by atomic mass is 19.1. The molecular formula is C22H30FN3O3. The van der Waals surface area contributed by atoms with Gasteiger partial charge in [0, 0.05) is 5.56 Å². The number of carbonyl (C=O) groups is 1. The lowest BCUT2D eigenvalue weighted by Crippen LogP contribution is -2.45. The third-order valence-corrected chi connectivity index (χ3v) is 5.62. The van der Waals surface area contributed by atoms with E-state index in [0.717, 1.165) is 25.7 Å². The number of carbonyl (C=O) groups excluding carboxylic acids is 1. The molecule has 1 atom stereocenters. The normalized spacial score (nSPS) is 27.8. The molecule has 3 N–H and O–H groups in total. The molecule has 1 aliphatic heterocycles. The fourth-order valence-electron chi connectivity index (χ4n) is 3.96. The van der Waals surface area contributed by atoms with E-state index in [2.05, 4.69) is 4.99 Å². The van der Waals surface area contributed by atoms with E-state index < -0.39 is 22.9 Å². The smallest absolute Gasteiger partial charge is 0.341 e. The molecule has 0 amide bonds. The molecule has 0 saturated heterocycles. The van der Waals surface area contributed by atoms with Crippen LogP contribution in [0.25, 0.3) is 0 Å². The molecule has 158 valence electrons. The summed E-state index contributed by atoms with van der Waals surface area (Å²) < 4.78 is 19.9. The number of rotatable bonds is 3. The number of nitrogens with two attached hydrogens (primary N) is 1. The van der Waals surface area contributed by atoms with Gasteiger partial charge in [-0.2, -0.15) is 0 Å². The zero-order valence-corrected chi connectivity index (χ0v) is 17.5. The number of aliphatic hydroxyl groups is 1. The first kappa shape index (κ1) is 21.4. The quantitative estimate of drug-likeness (QED) is 0.757. The van der Waals surface area contributed by atoms with Crippen LogP contribution >= 0.6 is 0 Å². The minimum Gasteiger partial charge on any atom is -0.456 e. The van der Waals surface area contributed by atoms with E-state index >= 15 is 0 Å². The van der Waals surface area contributed by atoms with Crippen LogP contribution < -0.4 is 5.73 Å². The maximum Gasteiger partial charge on any atom is 0.341 e. The van der Waals surface area contributed by atoms with Crippen LogP contribution in [0.4, 0.5) is 4.39 Å². The van der Waals surface area contributed by atoms with E-state index in [4.69, 9.17) is 15.5 Å². The summed E-state index contributed by atoms with van der Waals surface area (Å²) in [7, 11) is 0. The lowest BCUT2D eigenvalue weighted by atomic mass is 9.74. The number of hydrogen-bond acceptors (Lipinski definition) is 6. The molecule has 1 aromatic carbocycles. The molecule has 3 rings (SSSR count). The van der Waals surface area contributed by atoms with Crippen LogP contribution in [0.5, 0.6) is 0 Å². The molecule has 1 fully saturated rings. The standard InChI is InChI=1S/C22H30FN3O3/c1-21(2,3)29-20(28)16-10-5-13(11-17(16)23)18-19(24)25-12-22(4,26-18)14-6-8-15(27)9-7-14/h5,10-11,14-15,27H,6-9,12H2,1-4H3,(H2,24,25)/t14?,15?,22-/m0/s1. The summed E-state index contributed by atoms with van der Waals surface area (Å²) >= 11 is 0. The van der Waals surface area contributed by atoms with E-state index in [1.807, 2.05) is 6.92 Å². The maximum absolute atomic E-state index is 14.7. The van der Waals surface area contributed by atoms with E-state index in [1.54, 1.807) is 26.8 Å². The van der Waals surface area contributed by atoms with Crippen molar-refractivity contribution in [2.75, 3.05) is 6.54 Å². The zero-order chi connectivity index (χ0) is 21.4. The van der Waals surface area contributed by atoms with Crippen molar-refractivity contribution in [3.05, 3.63) is 35.1 Å². The van der Waals surface area contributed by atoms with E-state index in [-0.39, 0.29) is 23.4 Å². The number of aliphatic hydroxyl groups excluding tert-OH is 1. The zero-order valence-electron chi connectivity index (χ0n) is 17.5. The fourth-order valence-corrected chi connectivity index (χ4v) is 3.96. The van der Waals surface area contributed by atoms with Crippen molar-refractivity contribution in [3.8, 4) is 0 Å². The highest BCUT2D eigenvalue weighted by molar-refractivity contribution is 6.47. The lowest BCUT2D eigenvalue weighted by molar-refractivity contribution is 0.00646. The van der Waals surface area contributed by atoms with Crippen LogP contribution in [-0.4, -0.2) is 46.4 Å². The number of hydrogen-bond donors (Lipinski definition) is 2. The van der Waals surface area contributed by atoms with Gasteiger partial charge in [-0.15, -0.1) is 0 Å². The predicted octanol–water partition coefficient (Wildman–Crippen LogP) is 3.25. The van der Waals surface area contributed by atoms with Crippen molar-refractivity contribution in [2.45, 2.75) is 70.6 Å². The van der Waals surface area contributed by atoms with Crippen molar-refractivity contribution in [1.82, 2.24) is 0 Å². The number of halogens is 1. The Morgan fingerprint density at radius 1 is 1.28 bits per heavy atom. The van der Waals surface area contributed by atoms with Crippen LogP contribution in [0, 0.1) is 11.7 Å². The summed E-state index contributed by atoms with van der Waals surface area (Å²) in [5.74, 6) is -0.842. The molecular weight excluding hydrogens is 373 g/mol. The van der Waals surface area contributed by atoms with Crippen LogP contribution in [0.2, 0.25) is 0 Å². The van der Waals surface area contributed by atoms with Gasteiger partial charge < -0.3 is 15.6 Å². The minimum atomic E-state index is -0.709. The van der Waals surface area contributed by atoms with E-state index in [0.29, 0.717) is 17.8 Å². The summed E-state index contributed by atoms with van der Waals surface area (Å²) in [5, 5.41) is 9.79. The molecule has 1 saturated carbocycles. The van der Waals surface area contributed by atoms with Crippen molar-refractivity contribution in [2.24, 2.45) is 21.6 Å². The number of amidine groups is 1. The molecule has 0 aromatic heterocycles. The second-order valence-electron chi connectivity index (χ2n) is 9.22. The Kier molecular flexibility index (Phi) is 5.81. The third kappa shape index (κ3) is 4.83. The molecule has 1 aromatic rings. The van der Waals surface area contributed by atoms with Gasteiger partial charge in [-0.25, -0.2) is 9.18 Å². The summed E-state index contributed by atoms with van der Waals surface area (Å²) in [6.07, 6.45) is 3.00. The summed E-state index contributed by atoms with van der Waals surface area (Å²) in [5.41, 5.74) is 5.73. The number of esters is 1. The van der Waals surface area contributed by atoms with Gasteiger partial charge in [0.05, 0.1) is 23.8 Å². The number of benzene rings is 1. The second-order valence-corrected chi connectivity index (χ2v) is 9.22. The highest BCUT2D eigenvalue weighted by Gasteiger charge is 2.39. The van der Waals surface area contributed by atoms with Crippen LogP contribution in [0.15, 0.2) is 28.2 Å². The van der Waals surface area contributed by atoms with Crippen molar-refractivity contribution >= 4 is 17.5 Å². The van der Waals surface area contributed by atoms with E-state index in [1.165, 1.54) is 12.1 Å². The number of aliphatic imine (C=N–C) groups is 2. The molecule has 0 radical (unpaired) electrons. The summed E-state index contributed by atoms with van der Waals surface area (Å²) in [6, 6.07) is 4.29. The SMILES string of the molecule is CC(C)(C)OC(=O)c1ccc(C2=N[C@](C)(C3CCC(O)CC3)CN=C2N)cc1F. The van der Waals surface area contributed by atoms with Gasteiger partial charge in [-0.1, -0.05) is 6.07 Å². The molecule has 2 aliphatic rings. The monoisotopic (exact) mass is 403 g/mol. The molecule has 7 heteroatoms. The summed E-state index contributed by atoms with van der Waals surface area (Å²) in [4.78, 5) is 21.6. The predicted molar refractivity (Wildman–Crippen MR) is 111 cm³/mol. The first-order valence-electron chi connectivity index (χ1n) is 10.1. The first-order valence-corrected chi connectivity index (χ1v) is 10.1. The molecule has 1 heterocycles. The third-order valence-electron chi connectivity index (χ3n) is 5.62. The van der Waals surface area contributed by atoms with Crippen LogP contribution in [0.1, 0.15) is 69.3 Å². The fraction of sp³-hybridized carbons (Fsp3) is 0.591. The molecule has 29 heavy (non-hydrogen) atoms. The van der Waals surface area contributed by atoms with Crippen molar-refractivity contribution in [1.29, 1.82) is 0 Å². The Labute approximate surface area is 171 Å². The Morgan fingerprint density at radius 3 is 2.52 bits per heavy atom. The first-order chi connectivity index (χ1) is 13.5. The van der Waals surface area contributed by atoms with Gasteiger partial charge in [0.25, 0.3) is 0 Å². The maximum atomic E-state index is 14.7. The minimum absolute atomic E-state index is 0.125. The number of ether oxygens (including phenoxy) is 1. The van der Waals surface area contributed by atoms with Crippen molar-refractivity contribution < 1.29 is 19.0 Å². The molecule has 0 spiro atoms. The molecule has 6 nitrogen and oxygen atoms in total. The van der Waals surface area contributed by atoms with Crippen LogP contribution in [0.3, 0.4) is 0 Å². The molecule has 0 bridgehead atoms. The second kappa shape index (κ2) is 7.86. The van der Waals surface area contributed by atoms with Gasteiger partial charge in [-0.05, 0) is 71.4 Å². The Balaban J connectivity index is 1.88. The van der Waals surface area contributed by atoms with Gasteiger partial charge in [0.15, 0.2) is 0 Å². The average molecular weight is 403 g/mol. The highest BCUT2D eigenvalue weighted by Crippen LogP contribution is 2.37. The van der Waals surface area contributed by atoms with Crippen LogP contribution in [-0.2, 0) is 4.74 Å². The van der Waals surface area contributed by atoms with Gasteiger partial charge in [-0.3, -0.25) is 9.98 Å². The van der Waals surface area contributed by atoms with Gasteiger partial charge in [0.2, 0.25) is 0 Å². The summed E-state index contributed by atoms with van der Waals surface area (Å²) in [6.45, 7) is 7.71. The van der Waals surface area contributed by atoms with E-state index in [9.17, 15) is 14.3 Å². The number of nitrogens with zero attached hydrogens (tertiary/aromatic N) is 2. The van der Waals surface area contributed by atoms with Crippen molar-refractivity contribution in [3.63, 3.8) is 0 Å².